The highest BCUT2D eigenvalue weighted by atomic mass is 15.1. The fourth-order valence-electron chi connectivity index (χ4n) is 6.93. The van der Waals surface area contributed by atoms with Crippen LogP contribution in [0.1, 0.15) is 0 Å². The van der Waals surface area contributed by atoms with Crippen molar-refractivity contribution in [2.45, 2.75) is 0 Å². The minimum atomic E-state index is 1.12. The SMILES string of the molecule is c1ccc(N(c2ccccc2)c2ccc(-n3c4ccccc4c4ccc5c6ccn(-c7ccccc7)c6ccc5c43)cc2)cc1. The number of anilines is 3. The zero-order valence-electron chi connectivity index (χ0n) is 24.6. The van der Waals surface area contributed by atoms with Crippen molar-refractivity contribution in [2.24, 2.45) is 0 Å². The van der Waals surface area contributed by atoms with Crippen LogP contribution in [-0.4, -0.2) is 9.13 Å². The van der Waals surface area contributed by atoms with Gasteiger partial charge in [-0.1, -0.05) is 91.0 Å². The first kappa shape index (κ1) is 25.4. The Balaban J connectivity index is 1.25. The van der Waals surface area contributed by atoms with Crippen molar-refractivity contribution >= 4 is 60.5 Å². The van der Waals surface area contributed by atoms with Gasteiger partial charge in [0.1, 0.15) is 0 Å². The van der Waals surface area contributed by atoms with E-state index in [0.29, 0.717) is 0 Å². The van der Waals surface area contributed by atoms with Gasteiger partial charge in [-0.25, -0.2) is 0 Å². The van der Waals surface area contributed by atoms with E-state index >= 15 is 0 Å². The molecule has 0 radical (unpaired) electrons. The van der Waals surface area contributed by atoms with Gasteiger partial charge in [0.15, 0.2) is 0 Å². The molecule has 45 heavy (non-hydrogen) atoms. The maximum absolute atomic E-state index is 2.44. The average Bonchev–Trinajstić information content (AvgIpc) is 3.70. The topological polar surface area (TPSA) is 13.1 Å². The molecule has 0 spiro atoms. The molecule has 212 valence electrons. The monoisotopic (exact) mass is 575 g/mol. The Morgan fingerprint density at radius 2 is 0.867 bits per heavy atom. The molecule has 0 aliphatic carbocycles. The van der Waals surface area contributed by atoms with Crippen LogP contribution in [0.2, 0.25) is 0 Å². The molecule has 0 saturated heterocycles. The second-order valence-electron chi connectivity index (χ2n) is 11.5. The van der Waals surface area contributed by atoms with E-state index in [1.165, 1.54) is 49.2 Å². The lowest BCUT2D eigenvalue weighted by Crippen LogP contribution is -2.09. The van der Waals surface area contributed by atoms with Crippen molar-refractivity contribution in [2.75, 3.05) is 4.90 Å². The standard InChI is InChI=1S/C42H29N3/c1-4-12-30(13-5-1)43-29-28-37-35-24-25-39-36-18-10-11-19-41(36)45(42(39)38(35)26-27-40(37)43)34-22-20-33(21-23-34)44(31-14-6-2-7-15-31)32-16-8-3-9-17-32/h1-29H. The maximum Gasteiger partial charge on any atom is 0.0619 e. The fraction of sp³-hybridized carbons (Fsp3) is 0. The minimum absolute atomic E-state index is 1.12. The van der Waals surface area contributed by atoms with Crippen LogP contribution in [0, 0.1) is 0 Å². The zero-order chi connectivity index (χ0) is 29.7. The Morgan fingerprint density at radius 3 is 1.58 bits per heavy atom. The summed E-state index contributed by atoms with van der Waals surface area (Å²) in [5, 5.41) is 6.29. The van der Waals surface area contributed by atoms with Gasteiger partial charge in [0, 0.05) is 56.2 Å². The van der Waals surface area contributed by atoms with Gasteiger partial charge >= 0.3 is 0 Å². The summed E-state index contributed by atoms with van der Waals surface area (Å²) < 4.78 is 4.71. The van der Waals surface area contributed by atoms with Crippen LogP contribution in [0.15, 0.2) is 176 Å². The lowest BCUT2D eigenvalue weighted by molar-refractivity contribution is 1.13. The number of fused-ring (bicyclic) bond motifs is 7. The van der Waals surface area contributed by atoms with Gasteiger partial charge in [0.25, 0.3) is 0 Å². The molecule has 3 heteroatoms. The van der Waals surface area contributed by atoms with Crippen molar-refractivity contribution in [1.29, 1.82) is 0 Å². The Labute approximate surface area is 261 Å². The maximum atomic E-state index is 2.44. The number of para-hydroxylation sites is 4. The molecule has 9 aromatic rings. The Hall–Kier alpha value is -6.06. The smallest absolute Gasteiger partial charge is 0.0619 e. The third-order valence-electron chi connectivity index (χ3n) is 8.93. The largest absolute Gasteiger partial charge is 0.317 e. The third-order valence-corrected chi connectivity index (χ3v) is 8.93. The highest BCUT2D eigenvalue weighted by Gasteiger charge is 2.18. The highest BCUT2D eigenvalue weighted by molar-refractivity contribution is 6.22. The number of hydrogen-bond donors (Lipinski definition) is 0. The van der Waals surface area contributed by atoms with Gasteiger partial charge in [0.2, 0.25) is 0 Å². The molecule has 0 aliphatic rings. The van der Waals surface area contributed by atoms with E-state index in [1.807, 2.05) is 0 Å². The first-order chi connectivity index (χ1) is 22.3. The number of nitrogens with zero attached hydrogens (tertiary/aromatic N) is 3. The van der Waals surface area contributed by atoms with Crippen LogP contribution < -0.4 is 4.90 Å². The minimum Gasteiger partial charge on any atom is -0.317 e. The number of rotatable bonds is 5. The van der Waals surface area contributed by atoms with Crippen LogP contribution in [0.4, 0.5) is 17.1 Å². The molecule has 0 amide bonds. The van der Waals surface area contributed by atoms with E-state index in [4.69, 9.17) is 0 Å². The molecule has 3 nitrogen and oxygen atoms in total. The van der Waals surface area contributed by atoms with Crippen LogP contribution in [0.25, 0.3) is 54.9 Å². The second kappa shape index (κ2) is 10.3. The third kappa shape index (κ3) is 4.05. The normalized spacial score (nSPS) is 11.6. The van der Waals surface area contributed by atoms with Gasteiger partial charge in [0.05, 0.1) is 16.6 Å². The molecule has 0 atom stereocenters. The van der Waals surface area contributed by atoms with E-state index in [1.54, 1.807) is 0 Å². The van der Waals surface area contributed by atoms with Crippen molar-refractivity contribution < 1.29 is 0 Å². The Bertz CT molecular complexity index is 2420. The van der Waals surface area contributed by atoms with Gasteiger partial charge in [-0.3, -0.25) is 0 Å². The lowest BCUT2D eigenvalue weighted by Gasteiger charge is -2.25. The number of benzene rings is 7. The predicted octanol–water partition coefficient (Wildman–Crippen LogP) is 11.4. The zero-order valence-corrected chi connectivity index (χ0v) is 24.6. The Kier molecular flexibility index (Phi) is 5.82. The van der Waals surface area contributed by atoms with Gasteiger partial charge in [-0.05, 0) is 84.2 Å². The molecule has 0 aliphatic heterocycles. The van der Waals surface area contributed by atoms with Crippen LogP contribution in [0.3, 0.4) is 0 Å². The first-order valence-corrected chi connectivity index (χ1v) is 15.4. The summed E-state index contributed by atoms with van der Waals surface area (Å²) in [6, 6.07) is 60.8. The summed E-state index contributed by atoms with van der Waals surface area (Å²) in [7, 11) is 0. The molecular formula is C42H29N3. The molecule has 2 heterocycles. The van der Waals surface area contributed by atoms with E-state index in [9.17, 15) is 0 Å². The molecule has 7 aromatic carbocycles. The summed E-state index contributed by atoms with van der Waals surface area (Å²) in [5.74, 6) is 0. The number of aromatic nitrogens is 2. The van der Waals surface area contributed by atoms with Crippen LogP contribution in [-0.2, 0) is 0 Å². The molecule has 0 N–H and O–H groups in total. The summed E-state index contributed by atoms with van der Waals surface area (Å²) in [4.78, 5) is 2.30. The number of hydrogen-bond acceptors (Lipinski definition) is 1. The van der Waals surface area contributed by atoms with Crippen LogP contribution in [0.5, 0.6) is 0 Å². The molecule has 0 unspecified atom stereocenters. The van der Waals surface area contributed by atoms with Crippen molar-refractivity contribution in [3.63, 3.8) is 0 Å². The van der Waals surface area contributed by atoms with Gasteiger partial charge in [-0.2, -0.15) is 0 Å². The van der Waals surface area contributed by atoms with Crippen LogP contribution >= 0.6 is 0 Å². The predicted molar refractivity (Wildman–Crippen MR) is 190 cm³/mol. The second-order valence-corrected chi connectivity index (χ2v) is 11.5. The van der Waals surface area contributed by atoms with E-state index in [2.05, 4.69) is 190 Å². The highest BCUT2D eigenvalue weighted by Crippen LogP contribution is 2.40. The average molecular weight is 576 g/mol. The first-order valence-electron chi connectivity index (χ1n) is 15.4. The van der Waals surface area contributed by atoms with E-state index in [0.717, 1.165) is 22.7 Å². The molecule has 9 rings (SSSR count). The lowest BCUT2D eigenvalue weighted by atomic mass is 10.0. The molecular weight excluding hydrogens is 546 g/mol. The van der Waals surface area contributed by atoms with Crippen molar-refractivity contribution in [3.8, 4) is 11.4 Å². The van der Waals surface area contributed by atoms with E-state index in [-0.39, 0.29) is 0 Å². The fourth-order valence-corrected chi connectivity index (χ4v) is 6.93. The van der Waals surface area contributed by atoms with E-state index < -0.39 is 0 Å². The van der Waals surface area contributed by atoms with Crippen molar-refractivity contribution in [3.05, 3.63) is 176 Å². The molecule has 0 bridgehead atoms. The summed E-state index contributed by atoms with van der Waals surface area (Å²) in [6.07, 6.45) is 2.18. The molecule has 2 aromatic heterocycles. The summed E-state index contributed by atoms with van der Waals surface area (Å²) in [5.41, 5.74) is 9.34. The molecule has 0 saturated carbocycles. The summed E-state index contributed by atoms with van der Waals surface area (Å²) in [6.45, 7) is 0. The summed E-state index contributed by atoms with van der Waals surface area (Å²) >= 11 is 0. The quantitative estimate of drug-likeness (QED) is 0.199. The molecule has 0 fully saturated rings. The van der Waals surface area contributed by atoms with Gasteiger partial charge in [-0.15, -0.1) is 0 Å². The van der Waals surface area contributed by atoms with Crippen molar-refractivity contribution in [1.82, 2.24) is 9.13 Å². The Morgan fingerprint density at radius 1 is 0.333 bits per heavy atom. The van der Waals surface area contributed by atoms with Gasteiger partial charge < -0.3 is 14.0 Å².